The molecular formula is C27H19F3N2O5S. The van der Waals surface area contributed by atoms with Crippen molar-refractivity contribution >= 4 is 21.7 Å². The monoisotopic (exact) mass is 540 g/mol. The molecule has 0 fully saturated rings. The first-order valence-corrected chi connectivity index (χ1v) is 12.8. The van der Waals surface area contributed by atoms with Crippen molar-refractivity contribution in [3.8, 4) is 11.5 Å². The maximum atomic E-state index is 13.4. The predicted molar refractivity (Wildman–Crippen MR) is 134 cm³/mol. The molecule has 0 bridgehead atoms. The molecule has 3 aliphatic rings. The van der Waals surface area contributed by atoms with E-state index in [0.29, 0.717) is 17.2 Å². The minimum absolute atomic E-state index is 0.00556. The largest absolute Gasteiger partial charge is 0.573 e. The lowest BCUT2D eigenvalue weighted by Crippen LogP contribution is -2.35. The lowest BCUT2D eigenvalue weighted by atomic mass is 9.82. The zero-order valence-electron chi connectivity index (χ0n) is 19.4. The summed E-state index contributed by atoms with van der Waals surface area (Å²) in [4.78, 5) is 11.4. The number of phenolic OH excluding ortho intramolecular Hbond substituents is 1. The Bertz CT molecular complexity index is 1730. The number of nitrogens with zero attached hydrogens (tertiary/aromatic N) is 1. The van der Waals surface area contributed by atoms with Crippen LogP contribution < -0.4 is 19.9 Å². The van der Waals surface area contributed by atoms with Gasteiger partial charge in [0, 0.05) is 22.4 Å². The Morgan fingerprint density at radius 3 is 2.63 bits per heavy atom. The van der Waals surface area contributed by atoms with Crippen LogP contribution in [0.25, 0.3) is 11.6 Å². The van der Waals surface area contributed by atoms with Gasteiger partial charge in [-0.1, -0.05) is 60.7 Å². The van der Waals surface area contributed by atoms with Gasteiger partial charge < -0.3 is 9.84 Å². The van der Waals surface area contributed by atoms with Crippen molar-refractivity contribution in [1.82, 2.24) is 4.72 Å². The highest BCUT2D eigenvalue weighted by molar-refractivity contribution is 7.89. The molecule has 0 aromatic heterocycles. The highest BCUT2D eigenvalue weighted by Crippen LogP contribution is 2.38. The molecule has 2 N–H and O–H groups in total. The highest BCUT2D eigenvalue weighted by atomic mass is 32.2. The minimum atomic E-state index is -5.11. The second-order valence-electron chi connectivity index (χ2n) is 8.56. The number of ether oxygens (including phenoxy) is 1. The maximum absolute atomic E-state index is 13.4. The Hall–Kier alpha value is -4.38. The molecular weight excluding hydrogens is 521 g/mol. The lowest BCUT2D eigenvalue weighted by Gasteiger charge is -2.28. The van der Waals surface area contributed by atoms with Gasteiger partial charge in [-0.15, -0.1) is 18.1 Å². The smallest absolute Gasteiger partial charge is 0.507 e. The van der Waals surface area contributed by atoms with Gasteiger partial charge in [0.2, 0.25) is 0 Å². The fourth-order valence-corrected chi connectivity index (χ4v) is 5.89. The molecule has 1 unspecified atom stereocenters. The topological polar surface area (TPSA) is 105 Å². The Kier molecular flexibility index (Phi) is 6.31. The van der Waals surface area contributed by atoms with E-state index in [2.05, 4.69) is 14.6 Å². The van der Waals surface area contributed by atoms with Gasteiger partial charge in [-0.3, -0.25) is 4.72 Å². The van der Waals surface area contributed by atoms with Crippen molar-refractivity contribution in [1.29, 1.82) is 0 Å². The van der Waals surface area contributed by atoms with Crippen LogP contribution in [-0.2, 0) is 16.4 Å². The van der Waals surface area contributed by atoms with Crippen molar-refractivity contribution in [3.05, 3.63) is 117 Å². The molecule has 0 heterocycles. The Morgan fingerprint density at radius 2 is 1.87 bits per heavy atom. The molecule has 2 aromatic carbocycles. The number of benzene rings is 2. The van der Waals surface area contributed by atoms with Crippen LogP contribution >= 0.6 is 0 Å². The highest BCUT2D eigenvalue weighted by Gasteiger charge is 2.35. The normalized spacial score (nSPS) is 19.8. The van der Waals surface area contributed by atoms with E-state index in [1.54, 1.807) is 42.5 Å². The van der Waals surface area contributed by atoms with Crippen LogP contribution in [0.2, 0.25) is 0 Å². The third-order valence-corrected chi connectivity index (χ3v) is 7.64. The van der Waals surface area contributed by atoms with E-state index in [-0.39, 0.29) is 27.9 Å². The van der Waals surface area contributed by atoms with Gasteiger partial charge >= 0.3 is 6.36 Å². The van der Waals surface area contributed by atoms with Gasteiger partial charge in [0.25, 0.3) is 10.0 Å². The van der Waals surface area contributed by atoms with Crippen LogP contribution in [0.15, 0.2) is 106 Å². The predicted octanol–water partition coefficient (Wildman–Crippen LogP) is 3.97. The van der Waals surface area contributed by atoms with E-state index in [1.165, 1.54) is 24.3 Å². The summed E-state index contributed by atoms with van der Waals surface area (Å²) in [6.07, 6.45) is 8.84. The first-order valence-electron chi connectivity index (χ1n) is 11.3. The summed E-state index contributed by atoms with van der Waals surface area (Å²) in [6, 6.07) is 7.60. The Balaban J connectivity index is 1.73. The summed E-state index contributed by atoms with van der Waals surface area (Å²) in [5.41, 5.74) is 1.46. The standard InChI is InChI=1S/C27H19F3N2O5S/c28-27(29,30)37-23-11-5-6-12-24(23)38(35,36)32-21-15-20(26(31-34)19-10-4-3-9-18(19)21)25-17-8-2-1-7-16(17)13-14-22(25)33/h1-6,8-15,18,32-33H,7H2. The molecule has 1 atom stereocenters. The molecule has 0 spiro atoms. The number of halogens is 3. The minimum Gasteiger partial charge on any atom is -0.507 e. The number of sulfonamides is 1. The molecule has 0 amide bonds. The van der Waals surface area contributed by atoms with Crippen molar-refractivity contribution in [2.75, 3.05) is 0 Å². The number of hydrogen-bond acceptors (Lipinski definition) is 6. The number of fused-ring (bicyclic) bond motifs is 2. The molecule has 11 heteroatoms. The number of para-hydroxylation sites is 1. The summed E-state index contributed by atoms with van der Waals surface area (Å²) < 4.78 is 71.9. The second-order valence-corrected chi connectivity index (χ2v) is 10.2. The SMILES string of the molecule is O=NC1=C2C=CC=CC2C(NS(=O)(=O)c2ccccc2OC(F)(F)F)=CC1=c1c(O)ccc2c1=CC=CC2. The van der Waals surface area contributed by atoms with Gasteiger partial charge in [0.15, 0.2) is 0 Å². The number of phenols is 1. The number of rotatable bonds is 5. The summed E-state index contributed by atoms with van der Waals surface area (Å²) in [5.74, 6) is -1.81. The zero-order valence-corrected chi connectivity index (χ0v) is 20.3. The van der Waals surface area contributed by atoms with Crippen LogP contribution in [0.4, 0.5) is 13.2 Å². The van der Waals surface area contributed by atoms with Gasteiger partial charge in [-0.25, -0.2) is 8.42 Å². The van der Waals surface area contributed by atoms with Crippen molar-refractivity contribution < 1.29 is 31.4 Å². The van der Waals surface area contributed by atoms with Crippen molar-refractivity contribution in [2.24, 2.45) is 11.1 Å². The average molecular weight is 541 g/mol. The van der Waals surface area contributed by atoms with Gasteiger partial charge in [-0.05, 0) is 52.2 Å². The number of alkyl halides is 3. The van der Waals surface area contributed by atoms with Crippen LogP contribution in [-0.4, -0.2) is 19.9 Å². The number of allylic oxidation sites excluding steroid dienone is 7. The Labute approximate surface area is 215 Å². The summed E-state index contributed by atoms with van der Waals surface area (Å²) >= 11 is 0. The maximum Gasteiger partial charge on any atom is 0.573 e. The molecule has 2 aromatic rings. The van der Waals surface area contributed by atoms with Gasteiger partial charge in [-0.2, -0.15) is 0 Å². The number of nitroso groups, excluding NO2 is 1. The van der Waals surface area contributed by atoms with E-state index in [4.69, 9.17) is 0 Å². The summed E-state index contributed by atoms with van der Waals surface area (Å²) in [6.45, 7) is 0. The number of aromatic hydroxyl groups is 1. The fourth-order valence-electron chi connectivity index (χ4n) is 4.65. The first kappa shape index (κ1) is 25.3. The van der Waals surface area contributed by atoms with E-state index < -0.39 is 32.9 Å². The molecule has 5 rings (SSSR count). The van der Waals surface area contributed by atoms with E-state index in [9.17, 15) is 31.6 Å². The molecule has 0 saturated carbocycles. The molecule has 38 heavy (non-hydrogen) atoms. The van der Waals surface area contributed by atoms with Crippen molar-refractivity contribution in [3.63, 3.8) is 0 Å². The lowest BCUT2D eigenvalue weighted by molar-refractivity contribution is -0.275. The zero-order chi connectivity index (χ0) is 27.1. The summed E-state index contributed by atoms with van der Waals surface area (Å²) in [5, 5.41) is 15.0. The fraction of sp³-hybridized carbons (Fsp3) is 0.111. The van der Waals surface area contributed by atoms with E-state index in [0.717, 1.165) is 17.7 Å². The van der Waals surface area contributed by atoms with Gasteiger partial charge in [0.1, 0.15) is 22.1 Å². The number of nitrogens with one attached hydrogen (secondary N) is 1. The quantitative estimate of drug-likeness (QED) is 0.559. The summed E-state index contributed by atoms with van der Waals surface area (Å²) in [7, 11) is -4.60. The first-order chi connectivity index (χ1) is 18.1. The third kappa shape index (κ3) is 4.68. The third-order valence-electron chi connectivity index (χ3n) is 6.22. The average Bonchev–Trinajstić information content (AvgIpc) is 2.87. The van der Waals surface area contributed by atoms with Crippen molar-refractivity contribution in [2.45, 2.75) is 17.7 Å². The molecule has 0 saturated heterocycles. The van der Waals surface area contributed by atoms with Crippen LogP contribution in [0.3, 0.4) is 0 Å². The molecule has 7 nitrogen and oxygen atoms in total. The van der Waals surface area contributed by atoms with Crippen LogP contribution in [0.5, 0.6) is 11.5 Å². The molecule has 0 aliphatic heterocycles. The van der Waals surface area contributed by atoms with Gasteiger partial charge in [0.05, 0.1) is 0 Å². The van der Waals surface area contributed by atoms with E-state index in [1.807, 2.05) is 6.08 Å². The van der Waals surface area contributed by atoms with E-state index >= 15 is 0 Å². The molecule has 0 radical (unpaired) electrons. The Morgan fingerprint density at radius 1 is 1.08 bits per heavy atom. The molecule has 3 aliphatic carbocycles. The second kappa shape index (κ2) is 9.49. The number of hydrogen-bond donors (Lipinski definition) is 2. The van der Waals surface area contributed by atoms with Crippen LogP contribution in [0.1, 0.15) is 5.56 Å². The van der Waals surface area contributed by atoms with Crippen LogP contribution in [0, 0.1) is 10.8 Å². The molecule has 194 valence electrons.